The second kappa shape index (κ2) is 9.11. The lowest BCUT2D eigenvalue weighted by Crippen LogP contribution is -2.36. The lowest BCUT2D eigenvalue weighted by molar-refractivity contribution is -0.384. The number of ketones is 1. The van der Waals surface area contributed by atoms with Gasteiger partial charge in [-0.05, 0) is 31.2 Å². The minimum Gasteiger partial charge on any atom is -0.378 e. The molecular formula is C26H22N4O5. The molecule has 1 aliphatic heterocycles. The second-order valence-corrected chi connectivity index (χ2v) is 8.28. The molecule has 35 heavy (non-hydrogen) atoms. The van der Waals surface area contributed by atoms with Crippen LogP contribution in [0.25, 0.3) is 27.7 Å². The normalized spacial score (nSPS) is 13.7. The number of hydrogen-bond donors (Lipinski definition) is 0. The molecule has 9 nitrogen and oxygen atoms in total. The first-order chi connectivity index (χ1) is 16.9. The summed E-state index contributed by atoms with van der Waals surface area (Å²) in [7, 11) is 0. The van der Waals surface area contributed by atoms with Crippen LogP contribution in [-0.4, -0.2) is 46.8 Å². The largest absolute Gasteiger partial charge is 0.378 e. The molecule has 0 atom stereocenters. The van der Waals surface area contributed by atoms with E-state index in [0.717, 1.165) is 10.4 Å². The SMILES string of the molecule is CC(=O)c1cccc(-c2nn(-c3cc(N4CCOCC4)ccc3[N+](=O)[O-])c(=O)c3ccccc23)c1. The van der Waals surface area contributed by atoms with Crippen molar-refractivity contribution < 1.29 is 14.5 Å². The van der Waals surface area contributed by atoms with E-state index in [1.165, 1.54) is 13.0 Å². The van der Waals surface area contributed by atoms with Gasteiger partial charge in [0.25, 0.3) is 11.2 Å². The van der Waals surface area contributed by atoms with Gasteiger partial charge >= 0.3 is 0 Å². The van der Waals surface area contributed by atoms with Crippen molar-refractivity contribution in [2.45, 2.75) is 6.92 Å². The topological polar surface area (TPSA) is 108 Å². The molecule has 0 amide bonds. The molecule has 0 spiro atoms. The van der Waals surface area contributed by atoms with Gasteiger partial charge in [0, 0.05) is 41.4 Å². The summed E-state index contributed by atoms with van der Waals surface area (Å²) in [6.45, 7) is 3.86. The molecule has 3 aromatic carbocycles. The van der Waals surface area contributed by atoms with Crippen molar-refractivity contribution in [3.8, 4) is 16.9 Å². The number of nitro groups is 1. The van der Waals surface area contributed by atoms with Gasteiger partial charge in [0.05, 0.1) is 29.2 Å². The Hall–Kier alpha value is -4.37. The Kier molecular flexibility index (Phi) is 5.84. The van der Waals surface area contributed by atoms with Crippen molar-refractivity contribution in [2.75, 3.05) is 31.2 Å². The van der Waals surface area contributed by atoms with Crippen molar-refractivity contribution in [3.05, 3.63) is 92.8 Å². The van der Waals surface area contributed by atoms with Gasteiger partial charge in [-0.25, -0.2) is 0 Å². The summed E-state index contributed by atoms with van der Waals surface area (Å²) < 4.78 is 6.51. The first kappa shape index (κ1) is 22.4. The minimum atomic E-state index is -0.516. The Morgan fingerprint density at radius 3 is 2.46 bits per heavy atom. The Labute approximate surface area is 200 Å². The molecule has 0 radical (unpaired) electrons. The van der Waals surface area contributed by atoms with Crippen molar-refractivity contribution in [1.82, 2.24) is 9.78 Å². The first-order valence-electron chi connectivity index (χ1n) is 11.2. The average Bonchev–Trinajstić information content (AvgIpc) is 2.89. The number of anilines is 1. The Bertz CT molecular complexity index is 1520. The van der Waals surface area contributed by atoms with Crippen LogP contribution in [0, 0.1) is 10.1 Å². The number of Topliss-reactive ketones (excluding diaryl/α,β-unsaturated/α-hetero) is 1. The number of carbonyl (C=O) groups is 1. The predicted octanol–water partition coefficient (Wildman–Crippen LogP) is 4.00. The third kappa shape index (κ3) is 4.17. The Balaban J connectivity index is 1.78. The van der Waals surface area contributed by atoms with Crippen molar-refractivity contribution in [3.63, 3.8) is 0 Å². The molecule has 4 aromatic rings. The zero-order valence-corrected chi connectivity index (χ0v) is 19.0. The fourth-order valence-electron chi connectivity index (χ4n) is 4.31. The number of fused-ring (bicyclic) bond motifs is 1. The number of rotatable bonds is 5. The minimum absolute atomic E-state index is 0.0821. The van der Waals surface area contributed by atoms with E-state index in [1.54, 1.807) is 60.7 Å². The van der Waals surface area contributed by atoms with E-state index in [4.69, 9.17) is 4.74 Å². The van der Waals surface area contributed by atoms with Crippen LogP contribution in [0.15, 0.2) is 71.5 Å². The zero-order chi connectivity index (χ0) is 24.5. The summed E-state index contributed by atoms with van der Waals surface area (Å²) in [5.41, 5.74) is 1.73. The highest BCUT2D eigenvalue weighted by molar-refractivity contribution is 5.98. The summed E-state index contributed by atoms with van der Waals surface area (Å²) in [5.74, 6) is -0.0988. The van der Waals surface area contributed by atoms with Gasteiger partial charge < -0.3 is 9.64 Å². The van der Waals surface area contributed by atoms with Gasteiger partial charge in [0.1, 0.15) is 5.69 Å². The summed E-state index contributed by atoms with van der Waals surface area (Å²) in [4.78, 5) is 39.0. The fourth-order valence-corrected chi connectivity index (χ4v) is 4.31. The van der Waals surface area contributed by atoms with Crippen LogP contribution in [0.4, 0.5) is 11.4 Å². The highest BCUT2D eigenvalue weighted by atomic mass is 16.6. The number of aromatic nitrogens is 2. The van der Waals surface area contributed by atoms with Crippen molar-refractivity contribution in [1.29, 1.82) is 0 Å². The number of ether oxygens (including phenoxy) is 1. The number of morpholine rings is 1. The first-order valence-corrected chi connectivity index (χ1v) is 11.2. The van der Waals surface area contributed by atoms with Crippen molar-refractivity contribution >= 4 is 27.9 Å². The van der Waals surface area contributed by atoms with Gasteiger partial charge in [-0.2, -0.15) is 9.78 Å². The predicted molar refractivity (Wildman–Crippen MR) is 132 cm³/mol. The maximum Gasteiger partial charge on any atom is 0.295 e. The summed E-state index contributed by atoms with van der Waals surface area (Å²) in [6.07, 6.45) is 0. The molecule has 9 heteroatoms. The van der Waals surface area contributed by atoms with E-state index in [-0.39, 0.29) is 17.2 Å². The third-order valence-electron chi connectivity index (χ3n) is 6.11. The highest BCUT2D eigenvalue weighted by Gasteiger charge is 2.23. The molecule has 1 aromatic heterocycles. The van der Waals surface area contributed by atoms with E-state index in [0.29, 0.717) is 53.9 Å². The van der Waals surface area contributed by atoms with Gasteiger partial charge in [-0.1, -0.05) is 36.4 Å². The smallest absolute Gasteiger partial charge is 0.295 e. The molecule has 2 heterocycles. The van der Waals surface area contributed by atoms with Crippen LogP contribution < -0.4 is 10.5 Å². The number of nitrogens with zero attached hydrogens (tertiary/aromatic N) is 4. The molecule has 1 aliphatic rings. The van der Waals surface area contributed by atoms with Crippen LogP contribution in [0.2, 0.25) is 0 Å². The maximum atomic E-state index is 13.5. The van der Waals surface area contributed by atoms with E-state index in [2.05, 4.69) is 10.00 Å². The number of nitro benzene ring substituents is 1. The molecule has 0 aliphatic carbocycles. The van der Waals surface area contributed by atoms with Crippen LogP contribution in [-0.2, 0) is 4.74 Å². The number of hydrogen-bond acceptors (Lipinski definition) is 7. The molecule has 0 N–H and O–H groups in total. The summed E-state index contributed by atoms with van der Waals surface area (Å²) >= 11 is 0. The summed E-state index contributed by atoms with van der Waals surface area (Å²) in [6, 6.07) is 18.7. The Morgan fingerprint density at radius 1 is 1.00 bits per heavy atom. The van der Waals surface area contributed by atoms with E-state index >= 15 is 0 Å². The van der Waals surface area contributed by atoms with Gasteiger partial charge in [0.15, 0.2) is 5.78 Å². The maximum absolute atomic E-state index is 13.5. The molecule has 1 saturated heterocycles. The van der Waals surface area contributed by atoms with Gasteiger partial charge in [-0.15, -0.1) is 0 Å². The standard InChI is InChI=1S/C26H22N4O5/c1-17(31)18-5-4-6-19(15-18)25-21-7-2-3-8-22(21)26(32)29(27-25)24-16-20(9-10-23(24)30(33)34)28-11-13-35-14-12-28/h2-10,15-16H,11-14H2,1H3. The van der Waals surface area contributed by atoms with Crippen LogP contribution in [0.5, 0.6) is 0 Å². The number of benzene rings is 3. The molecule has 0 saturated carbocycles. The molecule has 176 valence electrons. The van der Waals surface area contributed by atoms with Crippen molar-refractivity contribution in [2.24, 2.45) is 0 Å². The average molecular weight is 470 g/mol. The summed E-state index contributed by atoms with van der Waals surface area (Å²) in [5, 5.41) is 17.5. The second-order valence-electron chi connectivity index (χ2n) is 8.28. The van der Waals surface area contributed by atoms with Crippen LogP contribution >= 0.6 is 0 Å². The monoisotopic (exact) mass is 470 g/mol. The van der Waals surface area contributed by atoms with Gasteiger partial charge in [0.2, 0.25) is 0 Å². The van der Waals surface area contributed by atoms with Gasteiger partial charge in [-0.3, -0.25) is 19.7 Å². The molecule has 1 fully saturated rings. The van der Waals surface area contributed by atoms with Crippen LogP contribution in [0.3, 0.4) is 0 Å². The highest BCUT2D eigenvalue weighted by Crippen LogP contribution is 2.31. The van der Waals surface area contributed by atoms with E-state index in [9.17, 15) is 19.7 Å². The molecular weight excluding hydrogens is 448 g/mol. The molecule has 5 rings (SSSR count). The quantitative estimate of drug-likeness (QED) is 0.246. The fraction of sp³-hybridized carbons (Fsp3) is 0.192. The Morgan fingerprint density at radius 2 is 1.74 bits per heavy atom. The van der Waals surface area contributed by atoms with E-state index in [1.807, 2.05) is 0 Å². The molecule has 0 bridgehead atoms. The number of carbonyl (C=O) groups excluding carboxylic acids is 1. The van der Waals surface area contributed by atoms with E-state index < -0.39 is 10.5 Å². The van der Waals surface area contributed by atoms with Crippen LogP contribution in [0.1, 0.15) is 17.3 Å². The lowest BCUT2D eigenvalue weighted by Gasteiger charge is -2.29. The third-order valence-corrected chi connectivity index (χ3v) is 6.11. The molecule has 0 unspecified atom stereocenters. The zero-order valence-electron chi connectivity index (χ0n) is 19.0. The lowest BCUT2D eigenvalue weighted by atomic mass is 10.0.